The average Bonchev–Trinajstić information content (AvgIpc) is 2.05. The Morgan fingerprint density at radius 2 is 2.00 bits per heavy atom. The van der Waals surface area contributed by atoms with E-state index < -0.39 is 12.3 Å². The van der Waals surface area contributed by atoms with Crippen molar-refractivity contribution >= 4 is 0 Å². The first-order chi connectivity index (χ1) is 5.22. The Hall–Kier alpha value is 0.184. The zero-order valence-electron chi connectivity index (χ0n) is 6.50. The van der Waals surface area contributed by atoms with Crippen LogP contribution in [0.4, 0.5) is 8.78 Å². The Labute approximate surface area is 96.2 Å². The molecule has 0 nitrogen and oxygen atoms in total. The number of halogens is 2. The van der Waals surface area contributed by atoms with E-state index >= 15 is 0 Å². The minimum atomic E-state index is -2.41. The van der Waals surface area contributed by atoms with Crippen LogP contribution < -0.4 is 0 Å². The number of hydrogen-bond acceptors (Lipinski definition) is 0. The zero-order valence-corrected chi connectivity index (χ0v) is 9.34. The van der Waals surface area contributed by atoms with Crippen molar-refractivity contribution in [1.29, 1.82) is 0 Å². The third kappa shape index (κ3) is 3.28. The predicted molar refractivity (Wildman–Crippen MR) is 39.4 cm³/mol. The van der Waals surface area contributed by atoms with E-state index in [2.05, 4.69) is 13.0 Å². The maximum Gasteiger partial charge on any atom is 0.216 e. The van der Waals surface area contributed by atoms with Crippen LogP contribution in [0.3, 0.4) is 0 Å². The topological polar surface area (TPSA) is 0 Å². The van der Waals surface area contributed by atoms with E-state index in [1.165, 1.54) is 0 Å². The summed E-state index contributed by atoms with van der Waals surface area (Å²) in [4.78, 5) is 0. The molecule has 0 amide bonds. The standard InChI is InChI=1S/C9H8F2.Y/c1-7(9(10)11)8-5-3-2-4-6-8;/h2-5,7,9H,1H2;/q-2;/t7-;/m0./s1. The van der Waals surface area contributed by atoms with Gasteiger partial charge in [-0.2, -0.15) is 35.9 Å². The van der Waals surface area contributed by atoms with Crippen molar-refractivity contribution in [2.45, 2.75) is 12.3 Å². The molecule has 63 valence electrons. The van der Waals surface area contributed by atoms with E-state index in [4.69, 9.17) is 0 Å². The summed E-state index contributed by atoms with van der Waals surface area (Å²) >= 11 is 0. The summed E-state index contributed by atoms with van der Waals surface area (Å²) in [6.45, 7) is 3.33. The molecule has 1 aromatic rings. The van der Waals surface area contributed by atoms with Gasteiger partial charge in [0.05, 0.1) is 0 Å². The minimum Gasteiger partial charge on any atom is -0.333 e. The summed E-state index contributed by atoms with van der Waals surface area (Å²) in [6, 6.07) is 9.35. The van der Waals surface area contributed by atoms with Gasteiger partial charge >= 0.3 is 0 Å². The minimum absolute atomic E-state index is 0. The van der Waals surface area contributed by atoms with Gasteiger partial charge in [-0.3, -0.25) is 0 Å². The van der Waals surface area contributed by atoms with Crippen molar-refractivity contribution in [3.05, 3.63) is 42.8 Å². The number of hydrogen-bond donors (Lipinski definition) is 0. The van der Waals surface area contributed by atoms with Crippen LogP contribution in [0.2, 0.25) is 0 Å². The van der Waals surface area contributed by atoms with Crippen molar-refractivity contribution in [2.75, 3.05) is 0 Å². The quantitative estimate of drug-likeness (QED) is 0.700. The molecule has 3 heteroatoms. The molecule has 0 aliphatic carbocycles. The molecule has 1 aromatic carbocycles. The number of alkyl halides is 2. The van der Waals surface area contributed by atoms with Gasteiger partial charge in [0.1, 0.15) is 0 Å². The van der Waals surface area contributed by atoms with Crippen LogP contribution in [0.15, 0.2) is 24.3 Å². The third-order valence-electron chi connectivity index (χ3n) is 1.44. The molecule has 0 aliphatic rings. The molecule has 0 aliphatic heterocycles. The second-order valence-electron chi connectivity index (χ2n) is 2.26. The first kappa shape index (κ1) is 12.2. The van der Waals surface area contributed by atoms with Crippen LogP contribution >= 0.6 is 0 Å². The van der Waals surface area contributed by atoms with Crippen LogP contribution in [0.25, 0.3) is 0 Å². The normalized spacial score (nSPS) is 12.3. The van der Waals surface area contributed by atoms with Gasteiger partial charge in [0.2, 0.25) is 6.43 Å². The van der Waals surface area contributed by atoms with Crippen LogP contribution in [0, 0.1) is 13.0 Å². The van der Waals surface area contributed by atoms with Gasteiger partial charge < -0.3 is 6.92 Å². The molecule has 0 aromatic heterocycles. The summed E-state index contributed by atoms with van der Waals surface area (Å²) in [5.74, 6) is -0.962. The number of rotatable bonds is 2. The Morgan fingerprint density at radius 1 is 1.33 bits per heavy atom. The van der Waals surface area contributed by atoms with Gasteiger partial charge in [0, 0.05) is 32.7 Å². The Morgan fingerprint density at radius 3 is 2.42 bits per heavy atom. The Balaban J connectivity index is 0.00000121. The predicted octanol–water partition coefficient (Wildman–Crippen LogP) is 2.67. The monoisotopic (exact) mass is 243 g/mol. The summed E-state index contributed by atoms with van der Waals surface area (Å²) in [5.41, 5.74) is 0.461. The second-order valence-corrected chi connectivity index (χ2v) is 2.26. The Bertz CT molecular complexity index is 211. The first-order valence-electron chi connectivity index (χ1n) is 3.29. The van der Waals surface area contributed by atoms with Crippen molar-refractivity contribution in [1.82, 2.24) is 0 Å². The number of benzene rings is 1. The maximum absolute atomic E-state index is 12.0. The molecule has 0 heterocycles. The SMILES string of the molecule is [CH2-][C@@H](c1[c-]cccc1)C(F)F.[Y]. The van der Waals surface area contributed by atoms with Gasteiger partial charge in [0.25, 0.3) is 0 Å². The molecule has 0 bridgehead atoms. The molecule has 1 rings (SSSR count). The molecular weight excluding hydrogens is 235 g/mol. The molecule has 0 spiro atoms. The average molecular weight is 243 g/mol. The van der Waals surface area contributed by atoms with E-state index in [1.807, 2.05) is 0 Å². The largest absolute Gasteiger partial charge is 0.333 e. The Kier molecular flexibility index (Phi) is 5.85. The van der Waals surface area contributed by atoms with E-state index in [1.54, 1.807) is 24.3 Å². The van der Waals surface area contributed by atoms with Gasteiger partial charge in [0.15, 0.2) is 0 Å². The van der Waals surface area contributed by atoms with E-state index in [9.17, 15) is 8.78 Å². The van der Waals surface area contributed by atoms with Gasteiger partial charge in [-0.1, -0.05) is 0 Å². The van der Waals surface area contributed by atoms with E-state index in [0.717, 1.165) is 0 Å². The van der Waals surface area contributed by atoms with Crippen LogP contribution in [-0.2, 0) is 32.7 Å². The fourth-order valence-corrected chi connectivity index (χ4v) is 0.774. The van der Waals surface area contributed by atoms with Gasteiger partial charge in [-0.25, -0.2) is 8.78 Å². The van der Waals surface area contributed by atoms with Crippen LogP contribution in [-0.4, -0.2) is 6.43 Å². The van der Waals surface area contributed by atoms with Gasteiger partial charge in [-0.15, -0.1) is 5.92 Å². The fraction of sp³-hybridized carbons (Fsp3) is 0.222. The van der Waals surface area contributed by atoms with Gasteiger partial charge in [-0.05, 0) is 0 Å². The molecule has 1 atom stereocenters. The molecule has 0 fully saturated rings. The van der Waals surface area contributed by atoms with E-state index in [-0.39, 0.29) is 32.7 Å². The zero-order chi connectivity index (χ0) is 8.27. The smallest absolute Gasteiger partial charge is 0.216 e. The van der Waals surface area contributed by atoms with Crippen LogP contribution in [0.5, 0.6) is 0 Å². The summed E-state index contributed by atoms with van der Waals surface area (Å²) in [5, 5.41) is 0. The summed E-state index contributed by atoms with van der Waals surface area (Å²) in [6.07, 6.45) is -2.41. The molecule has 1 radical (unpaired) electrons. The van der Waals surface area contributed by atoms with Crippen molar-refractivity contribution < 1.29 is 41.5 Å². The maximum atomic E-state index is 12.0. The van der Waals surface area contributed by atoms with Crippen LogP contribution in [0.1, 0.15) is 11.5 Å². The third-order valence-corrected chi connectivity index (χ3v) is 1.44. The van der Waals surface area contributed by atoms with E-state index in [0.29, 0.717) is 5.56 Å². The summed E-state index contributed by atoms with van der Waals surface area (Å²) < 4.78 is 24.1. The molecule has 0 saturated heterocycles. The molecule has 12 heavy (non-hydrogen) atoms. The fourth-order valence-electron chi connectivity index (χ4n) is 0.774. The molecule has 0 saturated carbocycles. The molecule has 0 unspecified atom stereocenters. The molecular formula is C9H8F2Y-2. The van der Waals surface area contributed by atoms with Crippen molar-refractivity contribution in [3.8, 4) is 0 Å². The van der Waals surface area contributed by atoms with Crippen molar-refractivity contribution in [3.63, 3.8) is 0 Å². The molecule has 0 N–H and O–H groups in total. The summed E-state index contributed by atoms with van der Waals surface area (Å²) in [7, 11) is 0. The second kappa shape index (κ2) is 5.77. The van der Waals surface area contributed by atoms with Crippen molar-refractivity contribution in [2.24, 2.45) is 0 Å². The first-order valence-corrected chi connectivity index (χ1v) is 3.29.